The normalized spacial score (nSPS) is 11.2. The Kier molecular flexibility index (Phi) is 4.47. The van der Waals surface area contributed by atoms with Gasteiger partial charge in [-0.2, -0.15) is 0 Å². The fraction of sp³-hybridized carbons (Fsp3) is 0.500. The minimum atomic E-state index is -0.117. The van der Waals surface area contributed by atoms with Crippen LogP contribution in [0.15, 0.2) is 22.8 Å². The Morgan fingerprint density at radius 3 is 2.69 bits per heavy atom. The Hall–Kier alpha value is -0.900. The Labute approximate surface area is 105 Å². The predicted molar refractivity (Wildman–Crippen MR) is 68.3 cm³/mol. The third-order valence-electron chi connectivity index (χ3n) is 2.64. The van der Waals surface area contributed by atoms with E-state index in [1.807, 2.05) is 6.07 Å². The van der Waals surface area contributed by atoms with E-state index < -0.39 is 0 Å². The van der Waals surface area contributed by atoms with E-state index in [2.05, 4.69) is 47.0 Å². The Morgan fingerprint density at radius 2 is 2.19 bits per heavy atom. The summed E-state index contributed by atoms with van der Waals surface area (Å²) >= 11 is 3.28. The molecule has 0 saturated heterocycles. The van der Waals surface area contributed by atoms with Crippen molar-refractivity contribution in [1.82, 2.24) is 10.3 Å². The van der Waals surface area contributed by atoms with Crippen LogP contribution in [0.3, 0.4) is 0 Å². The fourth-order valence-corrected chi connectivity index (χ4v) is 1.28. The molecule has 0 bridgehead atoms. The van der Waals surface area contributed by atoms with E-state index in [1.165, 1.54) is 0 Å². The lowest BCUT2D eigenvalue weighted by Crippen LogP contribution is -2.33. The molecule has 0 atom stereocenters. The van der Waals surface area contributed by atoms with Gasteiger partial charge < -0.3 is 5.32 Å². The summed E-state index contributed by atoms with van der Waals surface area (Å²) < 4.78 is 0.873. The van der Waals surface area contributed by atoms with Gasteiger partial charge in [-0.15, -0.1) is 0 Å². The summed E-state index contributed by atoms with van der Waals surface area (Å²) in [6.07, 6.45) is 2.65. The lowest BCUT2D eigenvalue weighted by molar-refractivity contribution is 0.0930. The van der Waals surface area contributed by atoms with E-state index in [9.17, 15) is 4.79 Å². The van der Waals surface area contributed by atoms with Gasteiger partial charge in [-0.3, -0.25) is 4.79 Å². The van der Waals surface area contributed by atoms with Gasteiger partial charge in [0.05, 0.1) is 0 Å². The molecule has 3 nitrogen and oxygen atoms in total. The zero-order chi connectivity index (χ0) is 12.2. The van der Waals surface area contributed by atoms with E-state index in [1.54, 1.807) is 12.3 Å². The van der Waals surface area contributed by atoms with Crippen molar-refractivity contribution in [1.29, 1.82) is 0 Å². The molecule has 0 spiro atoms. The number of rotatable bonds is 4. The van der Waals surface area contributed by atoms with E-state index in [4.69, 9.17) is 0 Å². The first kappa shape index (κ1) is 13.2. The molecule has 4 heteroatoms. The number of aromatic nitrogens is 1. The molecule has 0 fully saturated rings. The highest BCUT2D eigenvalue weighted by Crippen LogP contribution is 2.17. The second-order valence-corrected chi connectivity index (χ2v) is 5.48. The number of hydrogen-bond acceptors (Lipinski definition) is 2. The molecule has 1 amide bonds. The van der Waals surface area contributed by atoms with Crippen LogP contribution in [0.25, 0.3) is 0 Å². The number of halogens is 1. The first-order valence-electron chi connectivity index (χ1n) is 5.34. The second kappa shape index (κ2) is 5.43. The van der Waals surface area contributed by atoms with E-state index in [-0.39, 0.29) is 11.3 Å². The summed E-state index contributed by atoms with van der Waals surface area (Å²) in [6.45, 7) is 7.04. The van der Waals surface area contributed by atoms with Crippen molar-refractivity contribution in [2.45, 2.75) is 27.2 Å². The molecule has 1 heterocycles. The van der Waals surface area contributed by atoms with E-state index >= 15 is 0 Å². The Bertz CT molecular complexity index is 360. The average molecular weight is 285 g/mol. The first-order valence-corrected chi connectivity index (χ1v) is 6.14. The van der Waals surface area contributed by atoms with Crippen LogP contribution < -0.4 is 5.32 Å². The SMILES string of the molecule is CCC(C)(C)CNC(=O)c1ccc(Br)cn1. The molecule has 88 valence electrons. The van der Waals surface area contributed by atoms with Crippen molar-refractivity contribution in [2.75, 3.05) is 6.54 Å². The molecule has 1 aromatic heterocycles. The van der Waals surface area contributed by atoms with Crippen molar-refractivity contribution in [3.8, 4) is 0 Å². The van der Waals surface area contributed by atoms with Crippen LogP contribution in [-0.2, 0) is 0 Å². The summed E-state index contributed by atoms with van der Waals surface area (Å²) in [5, 5.41) is 2.89. The van der Waals surface area contributed by atoms with Crippen LogP contribution in [0.1, 0.15) is 37.7 Å². The summed E-state index contributed by atoms with van der Waals surface area (Å²) in [5.74, 6) is -0.117. The summed E-state index contributed by atoms with van der Waals surface area (Å²) in [4.78, 5) is 15.8. The maximum atomic E-state index is 11.7. The first-order chi connectivity index (χ1) is 7.44. The van der Waals surface area contributed by atoms with Crippen molar-refractivity contribution in [2.24, 2.45) is 5.41 Å². The maximum Gasteiger partial charge on any atom is 0.269 e. The zero-order valence-electron chi connectivity index (χ0n) is 9.88. The third kappa shape index (κ3) is 3.93. The summed E-state index contributed by atoms with van der Waals surface area (Å²) in [5.41, 5.74) is 0.584. The van der Waals surface area contributed by atoms with Gasteiger partial charge in [-0.05, 0) is 39.9 Å². The van der Waals surface area contributed by atoms with Crippen LogP contribution in [0, 0.1) is 5.41 Å². The van der Waals surface area contributed by atoms with Crippen LogP contribution in [-0.4, -0.2) is 17.4 Å². The molecule has 0 aliphatic carbocycles. The molecule has 0 aromatic carbocycles. The smallest absolute Gasteiger partial charge is 0.269 e. The summed E-state index contributed by atoms with van der Waals surface area (Å²) in [6, 6.07) is 3.52. The average Bonchev–Trinajstić information content (AvgIpc) is 2.27. The highest BCUT2D eigenvalue weighted by atomic mass is 79.9. The molecule has 1 rings (SSSR count). The van der Waals surface area contributed by atoms with Gasteiger partial charge in [0.1, 0.15) is 5.69 Å². The number of amides is 1. The van der Waals surface area contributed by atoms with Gasteiger partial charge >= 0.3 is 0 Å². The molecule has 0 aliphatic heterocycles. The minimum Gasteiger partial charge on any atom is -0.350 e. The highest BCUT2D eigenvalue weighted by molar-refractivity contribution is 9.10. The molecule has 1 aromatic rings. The molecule has 0 aliphatic rings. The number of hydrogen-bond donors (Lipinski definition) is 1. The predicted octanol–water partition coefficient (Wildman–Crippen LogP) is 3.01. The van der Waals surface area contributed by atoms with E-state index in [0.717, 1.165) is 10.9 Å². The number of carbonyl (C=O) groups excluding carboxylic acids is 1. The van der Waals surface area contributed by atoms with Crippen LogP contribution in [0.2, 0.25) is 0 Å². The van der Waals surface area contributed by atoms with Crippen LogP contribution >= 0.6 is 15.9 Å². The van der Waals surface area contributed by atoms with Crippen LogP contribution in [0.5, 0.6) is 0 Å². The molecule has 1 N–H and O–H groups in total. The monoisotopic (exact) mass is 284 g/mol. The molecule has 0 unspecified atom stereocenters. The zero-order valence-corrected chi connectivity index (χ0v) is 11.5. The summed E-state index contributed by atoms with van der Waals surface area (Å²) in [7, 11) is 0. The number of nitrogens with zero attached hydrogens (tertiary/aromatic N) is 1. The Morgan fingerprint density at radius 1 is 1.50 bits per heavy atom. The topological polar surface area (TPSA) is 42.0 Å². The quantitative estimate of drug-likeness (QED) is 0.924. The number of carbonyl (C=O) groups is 1. The number of pyridine rings is 1. The fourth-order valence-electron chi connectivity index (χ4n) is 1.05. The van der Waals surface area contributed by atoms with Gasteiger partial charge in [-0.1, -0.05) is 20.8 Å². The highest BCUT2D eigenvalue weighted by Gasteiger charge is 2.16. The minimum absolute atomic E-state index is 0.117. The Balaban J connectivity index is 2.56. The molecular weight excluding hydrogens is 268 g/mol. The van der Waals surface area contributed by atoms with E-state index in [0.29, 0.717) is 12.2 Å². The van der Waals surface area contributed by atoms with Crippen molar-refractivity contribution in [3.63, 3.8) is 0 Å². The molecule has 0 saturated carbocycles. The van der Waals surface area contributed by atoms with Crippen molar-refractivity contribution in [3.05, 3.63) is 28.5 Å². The van der Waals surface area contributed by atoms with Gasteiger partial charge in [0.2, 0.25) is 0 Å². The molecule has 16 heavy (non-hydrogen) atoms. The van der Waals surface area contributed by atoms with Crippen molar-refractivity contribution < 1.29 is 4.79 Å². The standard InChI is InChI=1S/C12H17BrN2O/c1-4-12(2,3)8-15-11(16)10-6-5-9(13)7-14-10/h5-7H,4,8H2,1-3H3,(H,15,16). The largest absolute Gasteiger partial charge is 0.350 e. The van der Waals surface area contributed by atoms with Crippen LogP contribution in [0.4, 0.5) is 0 Å². The van der Waals surface area contributed by atoms with Gasteiger partial charge in [0.15, 0.2) is 0 Å². The lowest BCUT2D eigenvalue weighted by Gasteiger charge is -2.22. The number of nitrogens with one attached hydrogen (secondary N) is 1. The molecular formula is C12H17BrN2O. The maximum absolute atomic E-state index is 11.7. The third-order valence-corrected chi connectivity index (χ3v) is 3.11. The lowest BCUT2D eigenvalue weighted by atomic mass is 9.90. The van der Waals surface area contributed by atoms with Gasteiger partial charge in [-0.25, -0.2) is 4.98 Å². The van der Waals surface area contributed by atoms with Crippen molar-refractivity contribution >= 4 is 21.8 Å². The second-order valence-electron chi connectivity index (χ2n) is 4.56. The van der Waals surface area contributed by atoms with Gasteiger partial charge in [0, 0.05) is 17.2 Å². The molecule has 0 radical (unpaired) electrons. The van der Waals surface area contributed by atoms with Gasteiger partial charge in [0.25, 0.3) is 5.91 Å².